The zero-order valence-electron chi connectivity index (χ0n) is 10.5. The molecule has 6 heteroatoms. The molecule has 3 aromatic rings. The van der Waals surface area contributed by atoms with Gasteiger partial charge in [-0.25, -0.2) is 0 Å². The summed E-state index contributed by atoms with van der Waals surface area (Å²) in [5.41, 5.74) is 6.44. The van der Waals surface area contributed by atoms with E-state index in [2.05, 4.69) is 10.1 Å². The van der Waals surface area contributed by atoms with Crippen molar-refractivity contribution in [2.75, 3.05) is 0 Å². The Morgan fingerprint density at radius 3 is 2.75 bits per heavy atom. The third-order valence-corrected chi connectivity index (χ3v) is 3.22. The van der Waals surface area contributed by atoms with Gasteiger partial charge < -0.3 is 14.7 Å². The SMILES string of the molecule is NCc1ccc(-c2nc(Cc3ccccc3Cl)no2)o1. The highest BCUT2D eigenvalue weighted by Gasteiger charge is 2.13. The van der Waals surface area contributed by atoms with Crippen LogP contribution in [0.1, 0.15) is 17.1 Å². The van der Waals surface area contributed by atoms with Crippen molar-refractivity contribution in [2.45, 2.75) is 13.0 Å². The quantitative estimate of drug-likeness (QED) is 0.798. The number of hydrogen-bond donors (Lipinski definition) is 1. The molecule has 0 fully saturated rings. The van der Waals surface area contributed by atoms with E-state index in [9.17, 15) is 0 Å². The standard InChI is InChI=1S/C14H12ClN3O2/c15-11-4-2-1-3-9(11)7-13-17-14(20-18-13)12-6-5-10(8-16)19-12/h1-6H,7-8,16H2. The monoisotopic (exact) mass is 289 g/mol. The van der Waals surface area contributed by atoms with Crippen molar-refractivity contribution in [1.82, 2.24) is 10.1 Å². The zero-order chi connectivity index (χ0) is 13.9. The van der Waals surface area contributed by atoms with Crippen molar-refractivity contribution in [3.63, 3.8) is 0 Å². The van der Waals surface area contributed by atoms with Gasteiger partial charge in [0.25, 0.3) is 5.89 Å². The predicted octanol–water partition coefficient (Wildman–Crippen LogP) is 3.03. The number of hydrogen-bond acceptors (Lipinski definition) is 5. The van der Waals surface area contributed by atoms with Gasteiger partial charge in [0.2, 0.25) is 0 Å². The lowest BCUT2D eigenvalue weighted by molar-refractivity contribution is 0.406. The normalized spacial score (nSPS) is 10.9. The summed E-state index contributed by atoms with van der Waals surface area (Å²) < 4.78 is 10.6. The summed E-state index contributed by atoms with van der Waals surface area (Å²) in [6.07, 6.45) is 0.508. The van der Waals surface area contributed by atoms with Crippen LogP contribution in [0.3, 0.4) is 0 Å². The molecular formula is C14H12ClN3O2. The van der Waals surface area contributed by atoms with E-state index >= 15 is 0 Å². The fraction of sp³-hybridized carbons (Fsp3) is 0.143. The molecular weight excluding hydrogens is 278 g/mol. The van der Waals surface area contributed by atoms with E-state index in [-0.39, 0.29) is 0 Å². The Labute approximate surface area is 120 Å². The van der Waals surface area contributed by atoms with Gasteiger partial charge in [-0.05, 0) is 23.8 Å². The minimum Gasteiger partial charge on any atom is -0.455 e. The minimum atomic E-state index is 0.334. The van der Waals surface area contributed by atoms with Gasteiger partial charge in [0, 0.05) is 11.4 Å². The number of benzene rings is 1. The molecule has 0 unspecified atom stereocenters. The maximum atomic E-state index is 6.10. The Bertz CT molecular complexity index is 721. The first-order chi connectivity index (χ1) is 9.76. The highest BCUT2D eigenvalue weighted by molar-refractivity contribution is 6.31. The molecule has 0 saturated carbocycles. The Morgan fingerprint density at radius 2 is 2.00 bits per heavy atom. The summed E-state index contributed by atoms with van der Waals surface area (Å²) >= 11 is 6.10. The van der Waals surface area contributed by atoms with E-state index in [0.717, 1.165) is 5.56 Å². The van der Waals surface area contributed by atoms with E-state index in [0.29, 0.717) is 41.2 Å². The summed E-state index contributed by atoms with van der Waals surface area (Å²) in [7, 11) is 0. The van der Waals surface area contributed by atoms with Gasteiger partial charge in [-0.2, -0.15) is 4.98 Å². The van der Waals surface area contributed by atoms with Crippen LogP contribution in [0.5, 0.6) is 0 Å². The molecule has 5 nitrogen and oxygen atoms in total. The molecule has 0 aliphatic rings. The molecule has 0 amide bonds. The Hall–Kier alpha value is -2.11. The second-order valence-corrected chi connectivity index (χ2v) is 4.66. The molecule has 0 radical (unpaired) electrons. The average Bonchev–Trinajstić information content (AvgIpc) is 3.10. The molecule has 102 valence electrons. The van der Waals surface area contributed by atoms with Crippen molar-refractivity contribution in [3.8, 4) is 11.7 Å². The van der Waals surface area contributed by atoms with Gasteiger partial charge in [0.05, 0.1) is 6.54 Å². The number of nitrogens with two attached hydrogens (primary N) is 1. The van der Waals surface area contributed by atoms with Crippen LogP contribution in [0.2, 0.25) is 5.02 Å². The van der Waals surface area contributed by atoms with Crippen LogP contribution in [0.4, 0.5) is 0 Å². The van der Waals surface area contributed by atoms with Gasteiger partial charge in [0.15, 0.2) is 11.6 Å². The van der Waals surface area contributed by atoms with Crippen molar-refractivity contribution in [3.05, 3.63) is 58.6 Å². The van der Waals surface area contributed by atoms with E-state index in [1.165, 1.54) is 0 Å². The van der Waals surface area contributed by atoms with E-state index in [4.69, 9.17) is 26.3 Å². The Balaban J connectivity index is 1.82. The molecule has 20 heavy (non-hydrogen) atoms. The fourth-order valence-electron chi connectivity index (χ4n) is 1.84. The zero-order valence-corrected chi connectivity index (χ0v) is 11.3. The number of rotatable bonds is 4. The second-order valence-electron chi connectivity index (χ2n) is 4.25. The van der Waals surface area contributed by atoms with Crippen molar-refractivity contribution >= 4 is 11.6 Å². The lowest BCUT2D eigenvalue weighted by Gasteiger charge is -1.98. The number of aromatic nitrogens is 2. The number of nitrogens with zero attached hydrogens (tertiary/aromatic N) is 2. The molecule has 0 aliphatic heterocycles. The molecule has 0 spiro atoms. The molecule has 0 atom stereocenters. The molecule has 0 saturated heterocycles. The van der Waals surface area contributed by atoms with Crippen LogP contribution in [-0.4, -0.2) is 10.1 Å². The fourth-order valence-corrected chi connectivity index (χ4v) is 2.04. The van der Waals surface area contributed by atoms with Gasteiger partial charge in [-0.15, -0.1) is 0 Å². The molecule has 2 N–H and O–H groups in total. The van der Waals surface area contributed by atoms with Crippen molar-refractivity contribution in [1.29, 1.82) is 0 Å². The number of halogens is 1. The average molecular weight is 290 g/mol. The van der Waals surface area contributed by atoms with E-state index in [1.54, 1.807) is 12.1 Å². The van der Waals surface area contributed by atoms with Gasteiger partial charge in [-0.3, -0.25) is 0 Å². The third kappa shape index (κ3) is 2.59. The summed E-state index contributed by atoms with van der Waals surface area (Å²) in [6.45, 7) is 0.334. The van der Waals surface area contributed by atoms with Crippen LogP contribution in [0, 0.1) is 0 Å². The smallest absolute Gasteiger partial charge is 0.293 e. The van der Waals surface area contributed by atoms with Crippen LogP contribution in [0.25, 0.3) is 11.7 Å². The van der Waals surface area contributed by atoms with Crippen molar-refractivity contribution < 1.29 is 8.94 Å². The maximum absolute atomic E-state index is 6.10. The molecule has 2 aromatic heterocycles. The first-order valence-corrected chi connectivity index (χ1v) is 6.49. The maximum Gasteiger partial charge on any atom is 0.293 e. The number of furan rings is 1. The van der Waals surface area contributed by atoms with E-state index in [1.807, 2.05) is 24.3 Å². The van der Waals surface area contributed by atoms with Gasteiger partial charge >= 0.3 is 0 Å². The first-order valence-electron chi connectivity index (χ1n) is 6.11. The molecule has 1 aromatic carbocycles. The summed E-state index contributed by atoms with van der Waals surface area (Å²) in [4.78, 5) is 4.29. The Morgan fingerprint density at radius 1 is 1.15 bits per heavy atom. The molecule has 0 bridgehead atoms. The van der Waals surface area contributed by atoms with Crippen LogP contribution in [-0.2, 0) is 13.0 Å². The predicted molar refractivity (Wildman–Crippen MR) is 74.1 cm³/mol. The summed E-state index contributed by atoms with van der Waals surface area (Å²) in [5, 5.41) is 4.61. The van der Waals surface area contributed by atoms with E-state index < -0.39 is 0 Å². The summed E-state index contributed by atoms with van der Waals surface area (Å²) in [6, 6.07) is 11.1. The first kappa shape index (κ1) is 12.9. The lowest BCUT2D eigenvalue weighted by atomic mass is 10.1. The molecule has 0 aliphatic carbocycles. The highest BCUT2D eigenvalue weighted by atomic mass is 35.5. The second kappa shape index (κ2) is 5.48. The summed E-state index contributed by atoms with van der Waals surface area (Å²) in [5.74, 6) is 2.08. The topological polar surface area (TPSA) is 78.1 Å². The van der Waals surface area contributed by atoms with Crippen LogP contribution in [0.15, 0.2) is 45.3 Å². The minimum absolute atomic E-state index is 0.334. The van der Waals surface area contributed by atoms with Gasteiger partial charge in [0.1, 0.15) is 5.76 Å². The Kier molecular flexibility index (Phi) is 3.54. The van der Waals surface area contributed by atoms with Crippen LogP contribution < -0.4 is 5.73 Å². The molecule has 2 heterocycles. The lowest BCUT2D eigenvalue weighted by Crippen LogP contribution is -1.92. The van der Waals surface area contributed by atoms with Gasteiger partial charge in [-0.1, -0.05) is 35.0 Å². The largest absolute Gasteiger partial charge is 0.455 e. The van der Waals surface area contributed by atoms with Crippen molar-refractivity contribution in [2.24, 2.45) is 5.73 Å². The van der Waals surface area contributed by atoms with Crippen LogP contribution >= 0.6 is 11.6 Å². The molecule has 3 rings (SSSR count). The highest BCUT2D eigenvalue weighted by Crippen LogP contribution is 2.22. The third-order valence-electron chi connectivity index (χ3n) is 2.85.